The molecule has 0 aliphatic heterocycles. The summed E-state index contributed by atoms with van der Waals surface area (Å²) in [5.41, 5.74) is 4.29. The second-order valence-corrected chi connectivity index (χ2v) is 4.70. The first-order chi connectivity index (χ1) is 9.63. The fourth-order valence-corrected chi connectivity index (χ4v) is 1.96. The van der Waals surface area contributed by atoms with Gasteiger partial charge in [-0.05, 0) is 37.1 Å². The second-order valence-electron chi connectivity index (χ2n) is 4.70. The summed E-state index contributed by atoms with van der Waals surface area (Å²) in [5.74, 6) is 1.46. The van der Waals surface area contributed by atoms with Crippen molar-refractivity contribution in [1.82, 2.24) is 4.98 Å². The molecule has 0 aliphatic carbocycles. The van der Waals surface area contributed by atoms with Crippen LogP contribution in [-0.2, 0) is 6.54 Å². The molecule has 0 unspecified atom stereocenters. The highest BCUT2D eigenvalue weighted by atomic mass is 16.5. The molecular weight excluding hydrogens is 252 g/mol. The molecule has 0 spiro atoms. The van der Waals surface area contributed by atoms with Gasteiger partial charge in [0.15, 0.2) is 11.5 Å². The van der Waals surface area contributed by atoms with Crippen molar-refractivity contribution >= 4 is 5.69 Å². The molecular formula is C16H20N2O2. The van der Waals surface area contributed by atoms with Gasteiger partial charge in [0.1, 0.15) is 0 Å². The van der Waals surface area contributed by atoms with Crippen LogP contribution in [0.4, 0.5) is 5.69 Å². The van der Waals surface area contributed by atoms with Crippen molar-refractivity contribution in [2.75, 3.05) is 19.5 Å². The molecule has 2 rings (SSSR count). The molecule has 0 saturated carbocycles. The molecule has 0 aliphatic rings. The van der Waals surface area contributed by atoms with Crippen LogP contribution in [-0.4, -0.2) is 19.2 Å². The Morgan fingerprint density at radius 3 is 2.35 bits per heavy atom. The summed E-state index contributed by atoms with van der Waals surface area (Å²) in [5, 5.41) is 3.38. The normalized spacial score (nSPS) is 10.2. The second kappa shape index (κ2) is 6.28. The largest absolute Gasteiger partial charge is 0.493 e. The molecule has 0 saturated heterocycles. The van der Waals surface area contributed by atoms with Gasteiger partial charge in [-0.3, -0.25) is 4.98 Å². The van der Waals surface area contributed by atoms with Crippen molar-refractivity contribution < 1.29 is 9.47 Å². The average Bonchev–Trinajstić information content (AvgIpc) is 2.47. The minimum atomic E-state index is 0.677. The number of anilines is 1. The Bertz CT molecular complexity index is 580. The van der Waals surface area contributed by atoms with E-state index in [-0.39, 0.29) is 0 Å². The topological polar surface area (TPSA) is 43.4 Å². The highest BCUT2D eigenvalue weighted by Crippen LogP contribution is 2.32. The summed E-state index contributed by atoms with van der Waals surface area (Å²) in [4.78, 5) is 4.38. The quantitative estimate of drug-likeness (QED) is 0.906. The molecule has 106 valence electrons. The number of hydrogen-bond donors (Lipinski definition) is 1. The summed E-state index contributed by atoms with van der Waals surface area (Å²) in [7, 11) is 3.28. The number of nitrogens with zero attached hydrogens (tertiary/aromatic N) is 1. The molecule has 0 bridgehead atoms. The van der Waals surface area contributed by atoms with Gasteiger partial charge in [0.05, 0.1) is 26.5 Å². The highest BCUT2D eigenvalue weighted by Gasteiger charge is 2.08. The van der Waals surface area contributed by atoms with Crippen LogP contribution < -0.4 is 14.8 Å². The maximum absolute atomic E-state index is 5.32. The van der Waals surface area contributed by atoms with Crippen molar-refractivity contribution in [3.05, 3.63) is 47.3 Å². The maximum atomic E-state index is 5.32. The first-order valence-corrected chi connectivity index (χ1v) is 6.52. The standard InChI is InChI=1S/C16H20N2O2/c1-11-5-6-13(17-9-11)10-18-14-8-16(20-4)15(19-3)7-12(14)2/h5-9,18H,10H2,1-4H3. The lowest BCUT2D eigenvalue weighted by molar-refractivity contribution is 0.355. The average molecular weight is 272 g/mol. The van der Waals surface area contributed by atoms with Gasteiger partial charge >= 0.3 is 0 Å². The minimum absolute atomic E-state index is 0.677. The van der Waals surface area contributed by atoms with E-state index in [0.717, 1.165) is 34.0 Å². The van der Waals surface area contributed by atoms with Gasteiger partial charge in [-0.25, -0.2) is 0 Å². The van der Waals surface area contributed by atoms with E-state index in [0.29, 0.717) is 6.54 Å². The highest BCUT2D eigenvalue weighted by molar-refractivity contribution is 5.60. The van der Waals surface area contributed by atoms with Gasteiger partial charge < -0.3 is 14.8 Å². The van der Waals surface area contributed by atoms with Crippen LogP contribution in [0, 0.1) is 13.8 Å². The van der Waals surface area contributed by atoms with E-state index in [1.54, 1.807) is 14.2 Å². The Kier molecular flexibility index (Phi) is 4.45. The Morgan fingerprint density at radius 1 is 1.05 bits per heavy atom. The van der Waals surface area contributed by atoms with Gasteiger partial charge in [0.25, 0.3) is 0 Å². The summed E-state index contributed by atoms with van der Waals surface area (Å²) in [6.45, 7) is 4.74. The van der Waals surface area contributed by atoms with Crippen molar-refractivity contribution in [2.24, 2.45) is 0 Å². The van der Waals surface area contributed by atoms with Crippen LogP contribution in [0.3, 0.4) is 0 Å². The predicted octanol–water partition coefficient (Wildman–Crippen LogP) is 3.33. The predicted molar refractivity (Wildman–Crippen MR) is 80.6 cm³/mol. The smallest absolute Gasteiger partial charge is 0.162 e. The number of benzene rings is 1. The molecule has 4 nitrogen and oxygen atoms in total. The van der Waals surface area contributed by atoms with Gasteiger partial charge in [-0.15, -0.1) is 0 Å². The molecule has 1 aromatic heterocycles. The molecule has 2 aromatic rings. The Balaban J connectivity index is 2.14. The number of nitrogens with one attached hydrogen (secondary N) is 1. The lowest BCUT2D eigenvalue weighted by Gasteiger charge is -2.14. The lowest BCUT2D eigenvalue weighted by atomic mass is 10.1. The molecule has 1 heterocycles. The van der Waals surface area contributed by atoms with E-state index in [9.17, 15) is 0 Å². The Morgan fingerprint density at radius 2 is 1.75 bits per heavy atom. The number of rotatable bonds is 5. The van der Waals surface area contributed by atoms with Crippen LogP contribution >= 0.6 is 0 Å². The summed E-state index contributed by atoms with van der Waals surface area (Å²) in [6.07, 6.45) is 1.87. The SMILES string of the molecule is COc1cc(C)c(NCc2ccc(C)cn2)cc1OC. The molecule has 1 N–H and O–H groups in total. The van der Waals surface area contributed by atoms with Gasteiger partial charge in [-0.1, -0.05) is 6.07 Å². The molecule has 0 fully saturated rings. The van der Waals surface area contributed by atoms with Gasteiger partial charge in [0.2, 0.25) is 0 Å². The van der Waals surface area contributed by atoms with Crippen molar-refractivity contribution in [2.45, 2.75) is 20.4 Å². The number of aryl methyl sites for hydroxylation is 2. The van der Waals surface area contributed by atoms with Crippen molar-refractivity contribution in [1.29, 1.82) is 0 Å². The zero-order valence-electron chi connectivity index (χ0n) is 12.4. The van der Waals surface area contributed by atoms with E-state index in [2.05, 4.69) is 16.4 Å². The van der Waals surface area contributed by atoms with Crippen molar-refractivity contribution in [3.63, 3.8) is 0 Å². The van der Waals surface area contributed by atoms with E-state index in [1.807, 2.05) is 38.2 Å². The van der Waals surface area contributed by atoms with Crippen LogP contribution in [0.1, 0.15) is 16.8 Å². The number of ether oxygens (including phenoxy) is 2. The first-order valence-electron chi connectivity index (χ1n) is 6.52. The molecule has 1 aromatic carbocycles. The van der Waals surface area contributed by atoms with Crippen LogP contribution in [0.25, 0.3) is 0 Å². The monoisotopic (exact) mass is 272 g/mol. The van der Waals surface area contributed by atoms with Crippen LogP contribution in [0.2, 0.25) is 0 Å². The third-order valence-corrected chi connectivity index (χ3v) is 3.16. The molecule has 0 atom stereocenters. The van der Waals surface area contributed by atoms with E-state index < -0.39 is 0 Å². The molecule has 0 radical (unpaired) electrons. The number of aromatic nitrogens is 1. The van der Waals surface area contributed by atoms with Crippen LogP contribution in [0.5, 0.6) is 11.5 Å². The lowest BCUT2D eigenvalue weighted by Crippen LogP contribution is -2.04. The summed E-state index contributed by atoms with van der Waals surface area (Å²) in [6, 6.07) is 8.00. The zero-order chi connectivity index (χ0) is 14.5. The van der Waals surface area contributed by atoms with Gasteiger partial charge in [-0.2, -0.15) is 0 Å². The maximum Gasteiger partial charge on any atom is 0.162 e. The molecule has 0 amide bonds. The van der Waals surface area contributed by atoms with Crippen molar-refractivity contribution in [3.8, 4) is 11.5 Å². The fraction of sp³-hybridized carbons (Fsp3) is 0.312. The third kappa shape index (κ3) is 3.20. The summed E-state index contributed by atoms with van der Waals surface area (Å²) < 4.78 is 10.6. The van der Waals surface area contributed by atoms with Gasteiger partial charge in [0, 0.05) is 18.0 Å². The fourth-order valence-electron chi connectivity index (χ4n) is 1.96. The first kappa shape index (κ1) is 14.2. The number of pyridine rings is 1. The number of methoxy groups -OCH3 is 2. The minimum Gasteiger partial charge on any atom is -0.493 e. The van der Waals surface area contributed by atoms with E-state index in [1.165, 1.54) is 0 Å². The summed E-state index contributed by atoms with van der Waals surface area (Å²) >= 11 is 0. The molecule has 4 heteroatoms. The van der Waals surface area contributed by atoms with Crippen LogP contribution in [0.15, 0.2) is 30.5 Å². The Labute approximate surface area is 119 Å². The number of hydrogen-bond acceptors (Lipinski definition) is 4. The molecule has 20 heavy (non-hydrogen) atoms. The van der Waals surface area contributed by atoms with E-state index in [4.69, 9.17) is 9.47 Å². The van der Waals surface area contributed by atoms with E-state index >= 15 is 0 Å². The Hall–Kier alpha value is -2.23. The third-order valence-electron chi connectivity index (χ3n) is 3.16. The zero-order valence-corrected chi connectivity index (χ0v) is 12.4.